The molecule has 1 amide bonds. The van der Waals surface area contributed by atoms with Gasteiger partial charge in [-0.25, -0.2) is 0 Å². The molecular weight excluding hydrogens is 270 g/mol. The van der Waals surface area contributed by atoms with Gasteiger partial charge >= 0.3 is 0 Å². The van der Waals surface area contributed by atoms with Gasteiger partial charge in [-0.2, -0.15) is 0 Å². The largest absolute Gasteiger partial charge is 0.319 e. The molecule has 0 aromatic heterocycles. The van der Waals surface area contributed by atoms with Crippen molar-refractivity contribution in [2.45, 2.75) is 13.0 Å². The minimum Gasteiger partial charge on any atom is -0.319 e. The Morgan fingerprint density at radius 1 is 1.24 bits per heavy atom. The van der Waals surface area contributed by atoms with E-state index in [0.29, 0.717) is 5.56 Å². The number of hydrogen-bond donors (Lipinski definition) is 2. The first kappa shape index (κ1) is 14.7. The fourth-order valence-electron chi connectivity index (χ4n) is 1.92. The number of carbonyl (C=O) groups excluding carboxylic acids is 1. The summed E-state index contributed by atoms with van der Waals surface area (Å²) >= 11 is 0. The van der Waals surface area contributed by atoms with Crippen LogP contribution in [0.25, 0.3) is 0 Å². The van der Waals surface area contributed by atoms with Crippen LogP contribution in [0.4, 0.5) is 11.4 Å². The van der Waals surface area contributed by atoms with Crippen LogP contribution in [0.3, 0.4) is 0 Å². The molecule has 2 rings (SSSR count). The fraction of sp³-hybridized carbons (Fsp3) is 0.133. The van der Waals surface area contributed by atoms with Gasteiger partial charge in [0.2, 0.25) is 5.91 Å². The molecule has 0 spiro atoms. The van der Waals surface area contributed by atoms with Gasteiger partial charge in [-0.1, -0.05) is 36.4 Å². The van der Waals surface area contributed by atoms with Crippen molar-refractivity contribution < 1.29 is 9.72 Å². The lowest BCUT2D eigenvalue weighted by atomic mass is 10.1. The molecular formula is C15H15N3O3. The molecule has 0 fully saturated rings. The summed E-state index contributed by atoms with van der Waals surface area (Å²) in [6.45, 7) is 1.74. The van der Waals surface area contributed by atoms with Gasteiger partial charge in [-0.15, -0.1) is 0 Å². The minimum absolute atomic E-state index is 0.141. The summed E-state index contributed by atoms with van der Waals surface area (Å²) in [7, 11) is 0. The third-order valence-corrected chi connectivity index (χ3v) is 3.05. The number of nitrogens with one attached hydrogen (secondary N) is 1. The van der Waals surface area contributed by atoms with E-state index in [1.54, 1.807) is 37.3 Å². The molecule has 2 aromatic carbocycles. The van der Waals surface area contributed by atoms with Crippen molar-refractivity contribution in [2.75, 3.05) is 5.32 Å². The van der Waals surface area contributed by atoms with Gasteiger partial charge in [0.25, 0.3) is 5.69 Å². The van der Waals surface area contributed by atoms with E-state index in [2.05, 4.69) is 5.32 Å². The molecule has 0 radical (unpaired) electrons. The monoisotopic (exact) mass is 285 g/mol. The van der Waals surface area contributed by atoms with Gasteiger partial charge in [0.05, 0.1) is 4.92 Å². The molecule has 0 aliphatic rings. The molecule has 2 aromatic rings. The average Bonchev–Trinajstić information content (AvgIpc) is 2.49. The Kier molecular flexibility index (Phi) is 4.30. The number of hydrogen-bond acceptors (Lipinski definition) is 4. The lowest BCUT2D eigenvalue weighted by Gasteiger charge is -2.12. The van der Waals surface area contributed by atoms with Crippen LogP contribution in [0.5, 0.6) is 0 Å². The molecule has 0 saturated carbocycles. The van der Waals surface area contributed by atoms with Crippen LogP contribution < -0.4 is 11.1 Å². The fourth-order valence-corrected chi connectivity index (χ4v) is 1.92. The van der Waals surface area contributed by atoms with Crippen molar-refractivity contribution in [2.24, 2.45) is 5.73 Å². The van der Waals surface area contributed by atoms with Crippen molar-refractivity contribution >= 4 is 17.3 Å². The first-order chi connectivity index (χ1) is 9.99. The van der Waals surface area contributed by atoms with Crippen LogP contribution in [-0.4, -0.2) is 10.8 Å². The highest BCUT2D eigenvalue weighted by molar-refractivity contribution is 5.97. The molecule has 0 bridgehead atoms. The molecule has 108 valence electrons. The zero-order valence-electron chi connectivity index (χ0n) is 11.4. The molecule has 0 unspecified atom stereocenters. The summed E-state index contributed by atoms with van der Waals surface area (Å²) in [5.41, 5.74) is 7.24. The zero-order valence-corrected chi connectivity index (χ0v) is 11.4. The normalized spacial score (nSPS) is 11.7. The highest BCUT2D eigenvalue weighted by atomic mass is 16.6. The maximum Gasteiger partial charge on any atom is 0.293 e. The smallest absolute Gasteiger partial charge is 0.293 e. The standard InChI is InChI=1S/C15H15N3O3/c1-10-7-8-12(13(9-10)18(20)21)17-15(19)14(16)11-5-3-2-4-6-11/h2-9,14H,16H2,1H3,(H,17,19)/t14-/m0/s1. The van der Waals surface area contributed by atoms with Crippen LogP contribution in [-0.2, 0) is 4.79 Å². The Bertz CT molecular complexity index is 671. The number of rotatable bonds is 4. The first-order valence-corrected chi connectivity index (χ1v) is 6.35. The summed E-state index contributed by atoms with van der Waals surface area (Å²) in [5, 5.41) is 13.5. The van der Waals surface area contributed by atoms with Crippen molar-refractivity contribution in [3.05, 3.63) is 69.8 Å². The summed E-state index contributed by atoms with van der Waals surface area (Å²) < 4.78 is 0. The Balaban J connectivity index is 2.22. The van der Waals surface area contributed by atoms with Crippen LogP contribution in [0.2, 0.25) is 0 Å². The van der Waals surface area contributed by atoms with Gasteiger partial charge < -0.3 is 11.1 Å². The van der Waals surface area contributed by atoms with E-state index in [9.17, 15) is 14.9 Å². The topological polar surface area (TPSA) is 98.3 Å². The second kappa shape index (κ2) is 6.15. The molecule has 6 heteroatoms. The second-order valence-electron chi connectivity index (χ2n) is 4.66. The number of benzene rings is 2. The predicted octanol–water partition coefficient (Wildman–Crippen LogP) is 2.54. The molecule has 21 heavy (non-hydrogen) atoms. The molecule has 0 saturated heterocycles. The van der Waals surface area contributed by atoms with Crippen LogP contribution in [0.1, 0.15) is 17.2 Å². The highest BCUT2D eigenvalue weighted by Gasteiger charge is 2.20. The number of amides is 1. The number of nitro benzene ring substituents is 1. The van der Waals surface area contributed by atoms with E-state index in [4.69, 9.17) is 5.73 Å². The van der Waals surface area contributed by atoms with Crippen molar-refractivity contribution in [1.82, 2.24) is 0 Å². The number of anilines is 1. The van der Waals surface area contributed by atoms with Gasteiger partial charge in [0.1, 0.15) is 11.7 Å². The van der Waals surface area contributed by atoms with Crippen molar-refractivity contribution in [3.63, 3.8) is 0 Å². The number of nitrogens with two attached hydrogens (primary N) is 1. The highest BCUT2D eigenvalue weighted by Crippen LogP contribution is 2.26. The SMILES string of the molecule is Cc1ccc(NC(=O)[C@@H](N)c2ccccc2)c([N+](=O)[O-])c1. The predicted molar refractivity (Wildman–Crippen MR) is 79.8 cm³/mol. The molecule has 0 aliphatic heterocycles. The molecule has 3 N–H and O–H groups in total. The summed E-state index contributed by atoms with van der Waals surface area (Å²) in [5.74, 6) is -0.492. The first-order valence-electron chi connectivity index (χ1n) is 6.35. The van der Waals surface area contributed by atoms with Gasteiger partial charge in [-0.05, 0) is 24.1 Å². The average molecular weight is 285 g/mol. The zero-order chi connectivity index (χ0) is 15.4. The Morgan fingerprint density at radius 2 is 1.90 bits per heavy atom. The van der Waals surface area contributed by atoms with Gasteiger partial charge in [0.15, 0.2) is 0 Å². The van der Waals surface area contributed by atoms with Gasteiger partial charge in [-0.3, -0.25) is 14.9 Å². The Labute approximate surface area is 121 Å². The Hall–Kier alpha value is -2.73. The van der Waals surface area contributed by atoms with Crippen molar-refractivity contribution in [1.29, 1.82) is 0 Å². The maximum atomic E-state index is 12.1. The number of nitrogens with zero attached hydrogens (tertiary/aromatic N) is 1. The lowest BCUT2D eigenvalue weighted by molar-refractivity contribution is -0.384. The number of aryl methyl sites for hydroxylation is 1. The number of carbonyl (C=O) groups is 1. The summed E-state index contributed by atoms with van der Waals surface area (Å²) in [6, 6.07) is 12.5. The van der Waals surface area contributed by atoms with Crippen LogP contribution in [0, 0.1) is 17.0 Å². The molecule has 0 aliphatic carbocycles. The van der Waals surface area contributed by atoms with Gasteiger partial charge in [0, 0.05) is 6.07 Å². The van der Waals surface area contributed by atoms with E-state index in [-0.39, 0.29) is 11.4 Å². The minimum atomic E-state index is -0.882. The van der Waals surface area contributed by atoms with E-state index < -0.39 is 16.9 Å². The van der Waals surface area contributed by atoms with Crippen molar-refractivity contribution in [3.8, 4) is 0 Å². The third-order valence-electron chi connectivity index (χ3n) is 3.05. The molecule has 1 atom stereocenters. The Morgan fingerprint density at radius 3 is 2.52 bits per heavy atom. The van der Waals surface area contributed by atoms with E-state index in [1.165, 1.54) is 12.1 Å². The van der Waals surface area contributed by atoms with E-state index >= 15 is 0 Å². The third kappa shape index (κ3) is 3.43. The van der Waals surface area contributed by atoms with Crippen LogP contribution >= 0.6 is 0 Å². The molecule has 0 heterocycles. The van der Waals surface area contributed by atoms with E-state index in [0.717, 1.165) is 5.56 Å². The maximum absolute atomic E-state index is 12.1. The lowest BCUT2D eigenvalue weighted by Crippen LogP contribution is -2.27. The summed E-state index contributed by atoms with van der Waals surface area (Å²) in [4.78, 5) is 22.6. The quantitative estimate of drug-likeness (QED) is 0.666. The second-order valence-corrected chi connectivity index (χ2v) is 4.66. The van der Waals surface area contributed by atoms with E-state index in [1.807, 2.05) is 6.07 Å². The summed E-state index contributed by atoms with van der Waals surface area (Å²) in [6.07, 6.45) is 0. The molecule has 6 nitrogen and oxygen atoms in total. The van der Waals surface area contributed by atoms with Crippen LogP contribution in [0.15, 0.2) is 48.5 Å². The number of nitro groups is 1.